The molecule has 2 aromatic carbocycles. The van der Waals surface area contributed by atoms with E-state index in [9.17, 15) is 4.79 Å². The van der Waals surface area contributed by atoms with E-state index < -0.39 is 0 Å². The molecule has 0 amide bonds. The molecular formula is C20H20ClN5O2. The average molecular weight is 398 g/mol. The van der Waals surface area contributed by atoms with Crippen molar-refractivity contribution in [3.63, 3.8) is 0 Å². The minimum atomic E-state index is -0.348. The van der Waals surface area contributed by atoms with Crippen molar-refractivity contribution >= 4 is 35.0 Å². The number of carbonyl (C=O) groups excluding carboxylic acids is 1. The molecule has 0 unspecified atom stereocenters. The van der Waals surface area contributed by atoms with Crippen molar-refractivity contribution in [2.24, 2.45) is 0 Å². The standard InChI is InChI=1S/C20H20ClN5O2/c1-2-28-19(27)15-5-9-17(10-6-15)24-20-25-18(13-23-26-20)22-12-11-14-3-7-16(21)8-4-14/h3-10,13H,2,11-12H2,1H3,(H2,22,24,25,26). The van der Waals surface area contributed by atoms with E-state index in [0.29, 0.717) is 30.5 Å². The Hall–Kier alpha value is -3.19. The van der Waals surface area contributed by atoms with Crippen molar-refractivity contribution in [3.8, 4) is 0 Å². The molecule has 3 aromatic rings. The summed E-state index contributed by atoms with van der Waals surface area (Å²) in [5, 5.41) is 15.0. The zero-order valence-electron chi connectivity index (χ0n) is 15.4. The van der Waals surface area contributed by atoms with Gasteiger partial charge in [-0.1, -0.05) is 23.7 Å². The first kappa shape index (κ1) is 19.6. The molecule has 0 atom stereocenters. The van der Waals surface area contributed by atoms with Crippen LogP contribution in [0.15, 0.2) is 54.7 Å². The van der Waals surface area contributed by atoms with Gasteiger partial charge in [0.15, 0.2) is 5.82 Å². The van der Waals surface area contributed by atoms with E-state index in [1.54, 1.807) is 37.4 Å². The first-order valence-electron chi connectivity index (χ1n) is 8.86. The number of esters is 1. The van der Waals surface area contributed by atoms with E-state index in [1.807, 2.05) is 24.3 Å². The fourth-order valence-corrected chi connectivity index (χ4v) is 2.59. The zero-order valence-corrected chi connectivity index (χ0v) is 16.1. The second kappa shape index (κ2) is 9.66. The SMILES string of the molecule is CCOC(=O)c1ccc(Nc2nncc(NCCc3ccc(Cl)cc3)n2)cc1. The highest BCUT2D eigenvalue weighted by Gasteiger charge is 2.07. The quantitative estimate of drug-likeness (QED) is 0.553. The van der Waals surface area contributed by atoms with Crippen LogP contribution >= 0.6 is 11.6 Å². The molecule has 0 saturated carbocycles. The van der Waals surface area contributed by atoms with Gasteiger partial charge in [0, 0.05) is 17.3 Å². The monoisotopic (exact) mass is 397 g/mol. The first-order valence-corrected chi connectivity index (χ1v) is 9.24. The Morgan fingerprint density at radius 3 is 2.57 bits per heavy atom. The lowest BCUT2D eigenvalue weighted by molar-refractivity contribution is 0.0526. The summed E-state index contributed by atoms with van der Waals surface area (Å²) in [5.41, 5.74) is 2.41. The predicted molar refractivity (Wildman–Crippen MR) is 109 cm³/mol. The molecule has 1 aromatic heterocycles. The molecule has 2 N–H and O–H groups in total. The summed E-state index contributed by atoms with van der Waals surface area (Å²) in [6.07, 6.45) is 2.40. The summed E-state index contributed by atoms with van der Waals surface area (Å²) in [7, 11) is 0. The number of hydrogen-bond acceptors (Lipinski definition) is 7. The van der Waals surface area contributed by atoms with Gasteiger partial charge in [0.25, 0.3) is 0 Å². The van der Waals surface area contributed by atoms with E-state index in [1.165, 1.54) is 5.56 Å². The van der Waals surface area contributed by atoms with Gasteiger partial charge in [0.1, 0.15) is 0 Å². The fraction of sp³-hybridized carbons (Fsp3) is 0.200. The van der Waals surface area contributed by atoms with Crippen molar-refractivity contribution in [1.29, 1.82) is 0 Å². The summed E-state index contributed by atoms with van der Waals surface area (Å²) in [5.74, 6) is 0.633. The molecule has 8 heteroatoms. The van der Waals surface area contributed by atoms with Crippen LogP contribution in [0, 0.1) is 0 Å². The lowest BCUT2D eigenvalue weighted by atomic mass is 10.1. The first-order chi connectivity index (χ1) is 13.6. The van der Waals surface area contributed by atoms with E-state index >= 15 is 0 Å². The second-order valence-electron chi connectivity index (χ2n) is 5.89. The van der Waals surface area contributed by atoms with Crippen molar-refractivity contribution in [2.45, 2.75) is 13.3 Å². The van der Waals surface area contributed by atoms with Crippen molar-refractivity contribution in [1.82, 2.24) is 15.2 Å². The third-order valence-corrected chi connectivity index (χ3v) is 4.10. The number of halogens is 1. The van der Waals surface area contributed by atoms with Gasteiger partial charge in [-0.2, -0.15) is 10.1 Å². The van der Waals surface area contributed by atoms with Crippen LogP contribution in [0.3, 0.4) is 0 Å². The van der Waals surface area contributed by atoms with Crippen molar-refractivity contribution < 1.29 is 9.53 Å². The Morgan fingerprint density at radius 2 is 1.86 bits per heavy atom. The number of aromatic nitrogens is 3. The Kier molecular flexibility index (Phi) is 6.75. The highest BCUT2D eigenvalue weighted by atomic mass is 35.5. The van der Waals surface area contributed by atoms with Crippen molar-refractivity contribution in [2.75, 3.05) is 23.8 Å². The smallest absolute Gasteiger partial charge is 0.338 e. The van der Waals surface area contributed by atoms with Crippen LogP contribution in [0.5, 0.6) is 0 Å². The molecular weight excluding hydrogens is 378 g/mol. The van der Waals surface area contributed by atoms with E-state index in [4.69, 9.17) is 16.3 Å². The minimum absolute atomic E-state index is 0.343. The summed E-state index contributed by atoms with van der Waals surface area (Å²) in [6.45, 7) is 2.82. The summed E-state index contributed by atoms with van der Waals surface area (Å²) in [4.78, 5) is 16.1. The van der Waals surface area contributed by atoms with Crippen LogP contribution in [-0.2, 0) is 11.2 Å². The summed E-state index contributed by atoms with van der Waals surface area (Å²) >= 11 is 5.89. The van der Waals surface area contributed by atoms with Crippen LogP contribution < -0.4 is 10.6 Å². The van der Waals surface area contributed by atoms with Crippen LogP contribution in [0.2, 0.25) is 5.02 Å². The molecule has 3 rings (SSSR count). The largest absolute Gasteiger partial charge is 0.462 e. The van der Waals surface area contributed by atoms with Gasteiger partial charge in [-0.15, -0.1) is 5.10 Å². The topological polar surface area (TPSA) is 89.0 Å². The average Bonchev–Trinajstić information content (AvgIpc) is 2.71. The Morgan fingerprint density at radius 1 is 1.11 bits per heavy atom. The molecule has 0 fully saturated rings. The minimum Gasteiger partial charge on any atom is -0.462 e. The molecule has 0 spiro atoms. The van der Waals surface area contributed by atoms with Gasteiger partial charge in [-0.25, -0.2) is 4.79 Å². The molecule has 0 aliphatic carbocycles. The molecule has 0 aliphatic heterocycles. The van der Waals surface area contributed by atoms with E-state index in [0.717, 1.165) is 17.1 Å². The number of nitrogens with one attached hydrogen (secondary N) is 2. The molecule has 144 valence electrons. The number of benzene rings is 2. The summed E-state index contributed by atoms with van der Waals surface area (Å²) < 4.78 is 4.97. The maximum atomic E-state index is 11.7. The molecule has 0 saturated heterocycles. The maximum absolute atomic E-state index is 11.7. The maximum Gasteiger partial charge on any atom is 0.338 e. The third-order valence-electron chi connectivity index (χ3n) is 3.84. The number of hydrogen-bond donors (Lipinski definition) is 2. The van der Waals surface area contributed by atoms with Gasteiger partial charge in [-0.05, 0) is 55.3 Å². The van der Waals surface area contributed by atoms with E-state index in [-0.39, 0.29) is 5.97 Å². The van der Waals surface area contributed by atoms with Gasteiger partial charge in [-0.3, -0.25) is 0 Å². The predicted octanol–water partition coefficient (Wildman–Crippen LogP) is 4.10. The van der Waals surface area contributed by atoms with Crippen molar-refractivity contribution in [3.05, 3.63) is 70.9 Å². The Labute approximate surface area is 168 Å². The van der Waals surface area contributed by atoms with Crippen LogP contribution in [0.25, 0.3) is 0 Å². The molecule has 1 heterocycles. The van der Waals surface area contributed by atoms with Crippen LogP contribution in [-0.4, -0.2) is 34.3 Å². The van der Waals surface area contributed by atoms with Gasteiger partial charge >= 0.3 is 5.97 Å². The number of anilines is 3. The van der Waals surface area contributed by atoms with Crippen LogP contribution in [0.1, 0.15) is 22.8 Å². The molecule has 0 aliphatic rings. The molecule has 0 bridgehead atoms. The second-order valence-corrected chi connectivity index (χ2v) is 6.33. The lowest BCUT2D eigenvalue weighted by Gasteiger charge is -2.08. The molecule has 7 nitrogen and oxygen atoms in total. The number of carbonyl (C=O) groups is 1. The Balaban J connectivity index is 1.55. The van der Waals surface area contributed by atoms with Gasteiger partial charge < -0.3 is 15.4 Å². The number of rotatable bonds is 8. The Bertz CT molecular complexity index is 917. The molecule has 28 heavy (non-hydrogen) atoms. The van der Waals surface area contributed by atoms with Gasteiger partial charge in [0.2, 0.25) is 5.95 Å². The zero-order chi connectivity index (χ0) is 19.8. The normalized spacial score (nSPS) is 10.4. The van der Waals surface area contributed by atoms with Gasteiger partial charge in [0.05, 0.1) is 18.4 Å². The van der Waals surface area contributed by atoms with E-state index in [2.05, 4.69) is 25.8 Å². The third kappa shape index (κ3) is 5.65. The lowest BCUT2D eigenvalue weighted by Crippen LogP contribution is -2.09. The fourth-order valence-electron chi connectivity index (χ4n) is 2.46. The highest BCUT2D eigenvalue weighted by Crippen LogP contribution is 2.15. The number of ether oxygens (including phenoxy) is 1. The summed E-state index contributed by atoms with van der Waals surface area (Å²) in [6, 6.07) is 14.6. The van der Waals surface area contributed by atoms with Crippen LogP contribution in [0.4, 0.5) is 17.5 Å². The highest BCUT2D eigenvalue weighted by molar-refractivity contribution is 6.30. The number of nitrogens with zero attached hydrogens (tertiary/aromatic N) is 3. The molecule has 0 radical (unpaired) electrons.